The van der Waals surface area contributed by atoms with Gasteiger partial charge in [-0.05, 0) is 49.4 Å². The highest BCUT2D eigenvalue weighted by atomic mass is 16.5. The Hall–Kier alpha value is -3.68. The van der Waals surface area contributed by atoms with Crippen molar-refractivity contribution < 1.29 is 23.9 Å². The fourth-order valence-electron chi connectivity index (χ4n) is 4.99. The molecule has 0 bridgehead atoms. The lowest BCUT2D eigenvalue weighted by Crippen LogP contribution is -2.52. The van der Waals surface area contributed by atoms with Crippen molar-refractivity contribution in [3.8, 4) is 5.75 Å². The molecule has 3 heterocycles. The van der Waals surface area contributed by atoms with Crippen LogP contribution in [0.4, 0.5) is 5.69 Å². The molecule has 3 aliphatic heterocycles. The van der Waals surface area contributed by atoms with Crippen molar-refractivity contribution in [2.24, 2.45) is 0 Å². The summed E-state index contributed by atoms with van der Waals surface area (Å²) >= 11 is 0. The largest absolute Gasteiger partial charge is 0.493 e. The molecule has 1 unspecified atom stereocenters. The van der Waals surface area contributed by atoms with Crippen LogP contribution in [0.5, 0.6) is 5.75 Å². The molecule has 0 radical (unpaired) electrons. The zero-order valence-electron chi connectivity index (χ0n) is 18.9. The number of nitrogens with one attached hydrogen (secondary N) is 1. The lowest BCUT2D eigenvalue weighted by Gasteiger charge is -2.29. The Balaban J connectivity index is 1.13. The highest BCUT2D eigenvalue weighted by Gasteiger charge is 2.40. The molecule has 1 N–H and O–H groups in total. The van der Waals surface area contributed by atoms with Crippen LogP contribution in [0.1, 0.15) is 53.6 Å². The number of ether oxygens (including phenoxy) is 1. The van der Waals surface area contributed by atoms with Crippen LogP contribution in [-0.2, 0) is 27.3 Å². The minimum atomic E-state index is -0.646. The maximum Gasteiger partial charge on any atom is 0.255 e. The number of rotatable bonds is 7. The van der Waals surface area contributed by atoms with Gasteiger partial charge in [0, 0.05) is 36.2 Å². The molecule has 1 saturated heterocycles. The number of piperidine rings is 1. The third-order valence-electron chi connectivity index (χ3n) is 6.77. The number of hydrogen-bond donors (Lipinski definition) is 1. The van der Waals surface area contributed by atoms with Crippen molar-refractivity contribution in [1.82, 2.24) is 10.2 Å². The summed E-state index contributed by atoms with van der Waals surface area (Å²) in [5, 5.41) is 2.32. The molecule has 5 rings (SSSR count). The number of fused-ring (bicyclic) bond motifs is 2. The van der Waals surface area contributed by atoms with E-state index in [2.05, 4.69) is 11.4 Å². The van der Waals surface area contributed by atoms with Crippen LogP contribution in [0.3, 0.4) is 0 Å². The lowest BCUT2D eigenvalue weighted by molar-refractivity contribution is -0.137. The number of para-hydroxylation sites is 1. The highest BCUT2D eigenvalue weighted by molar-refractivity contribution is 6.05. The third-order valence-corrected chi connectivity index (χ3v) is 6.77. The first kappa shape index (κ1) is 22.1. The minimum Gasteiger partial charge on any atom is -0.493 e. The minimum absolute atomic E-state index is 0.135. The second kappa shape index (κ2) is 9.29. The van der Waals surface area contributed by atoms with Crippen LogP contribution in [-0.4, -0.2) is 47.7 Å². The average molecular weight is 462 g/mol. The summed E-state index contributed by atoms with van der Waals surface area (Å²) in [5.74, 6) is -0.185. The Bertz CT molecular complexity index is 1160. The highest BCUT2D eigenvalue weighted by Crippen LogP contribution is 2.34. The quantitative estimate of drug-likeness (QED) is 0.505. The van der Waals surface area contributed by atoms with Gasteiger partial charge in [0.1, 0.15) is 11.8 Å². The molecule has 1 fully saturated rings. The Morgan fingerprint density at radius 2 is 1.88 bits per heavy atom. The number of benzene rings is 2. The van der Waals surface area contributed by atoms with Gasteiger partial charge in [-0.1, -0.05) is 24.3 Å². The molecule has 4 amide bonds. The second-order valence-electron chi connectivity index (χ2n) is 8.91. The topological polar surface area (TPSA) is 96.0 Å². The number of imide groups is 1. The molecule has 8 heteroatoms. The number of amides is 4. The van der Waals surface area contributed by atoms with Crippen molar-refractivity contribution in [3.05, 3.63) is 59.2 Å². The number of hydrogen-bond acceptors (Lipinski definition) is 5. The fraction of sp³-hybridized carbons (Fsp3) is 0.385. The maximum absolute atomic E-state index is 12.9. The van der Waals surface area contributed by atoms with E-state index >= 15 is 0 Å². The van der Waals surface area contributed by atoms with E-state index < -0.39 is 11.9 Å². The standard InChI is InChI=1S/C26H27N3O5/c30-23-12-11-21(25(32)27-23)29-16-19-18(26(29)33)7-5-9-22(19)34-15-4-3-10-24(31)28-14-13-17-6-1-2-8-20(17)28/h1-2,5-9,21H,3-4,10-16H2,(H,27,30,32). The van der Waals surface area contributed by atoms with E-state index in [1.165, 1.54) is 10.5 Å². The summed E-state index contributed by atoms with van der Waals surface area (Å²) in [6.45, 7) is 1.46. The maximum atomic E-state index is 12.9. The predicted octanol–water partition coefficient (Wildman–Crippen LogP) is 2.59. The second-order valence-corrected chi connectivity index (χ2v) is 8.91. The summed E-state index contributed by atoms with van der Waals surface area (Å²) in [6, 6.07) is 12.7. The first-order valence-electron chi connectivity index (χ1n) is 11.8. The summed E-state index contributed by atoms with van der Waals surface area (Å²) in [5.41, 5.74) is 3.54. The van der Waals surface area contributed by atoms with Crippen molar-refractivity contribution >= 4 is 29.3 Å². The van der Waals surface area contributed by atoms with Gasteiger partial charge in [0.2, 0.25) is 17.7 Å². The molecular formula is C26H27N3O5. The Morgan fingerprint density at radius 1 is 1.03 bits per heavy atom. The summed E-state index contributed by atoms with van der Waals surface area (Å²) in [7, 11) is 0. The van der Waals surface area contributed by atoms with Crippen LogP contribution in [0, 0.1) is 0 Å². The zero-order chi connectivity index (χ0) is 23.7. The van der Waals surface area contributed by atoms with Gasteiger partial charge < -0.3 is 14.5 Å². The van der Waals surface area contributed by atoms with Gasteiger partial charge in [0.25, 0.3) is 5.91 Å². The van der Waals surface area contributed by atoms with Crippen molar-refractivity contribution in [1.29, 1.82) is 0 Å². The van der Waals surface area contributed by atoms with Gasteiger partial charge in [-0.2, -0.15) is 0 Å². The van der Waals surface area contributed by atoms with Crippen molar-refractivity contribution in [2.45, 2.75) is 51.1 Å². The normalized spacial score (nSPS) is 19.2. The molecule has 0 spiro atoms. The number of nitrogens with zero attached hydrogens (tertiary/aromatic N) is 2. The number of unbranched alkanes of at least 4 members (excludes halogenated alkanes) is 1. The van der Waals surface area contributed by atoms with Crippen molar-refractivity contribution in [3.63, 3.8) is 0 Å². The molecule has 2 aromatic carbocycles. The molecule has 3 aliphatic rings. The first-order chi connectivity index (χ1) is 16.5. The van der Waals surface area contributed by atoms with E-state index in [1.807, 2.05) is 29.2 Å². The predicted molar refractivity (Wildman–Crippen MR) is 124 cm³/mol. The van der Waals surface area contributed by atoms with Crippen LogP contribution < -0.4 is 15.0 Å². The van der Waals surface area contributed by atoms with Gasteiger partial charge in [0.15, 0.2) is 0 Å². The van der Waals surface area contributed by atoms with E-state index in [0.29, 0.717) is 37.2 Å². The monoisotopic (exact) mass is 461 g/mol. The smallest absolute Gasteiger partial charge is 0.255 e. The number of carbonyl (C=O) groups is 4. The zero-order valence-corrected chi connectivity index (χ0v) is 18.9. The summed E-state index contributed by atoms with van der Waals surface area (Å²) < 4.78 is 5.98. The average Bonchev–Trinajstić information content (AvgIpc) is 3.41. The Morgan fingerprint density at radius 3 is 2.74 bits per heavy atom. The fourth-order valence-corrected chi connectivity index (χ4v) is 4.99. The van der Waals surface area contributed by atoms with Crippen LogP contribution in [0.25, 0.3) is 0 Å². The summed E-state index contributed by atoms with van der Waals surface area (Å²) in [6.07, 6.45) is 3.35. The van der Waals surface area contributed by atoms with E-state index in [9.17, 15) is 19.2 Å². The number of anilines is 1. The van der Waals surface area contributed by atoms with E-state index in [4.69, 9.17) is 4.74 Å². The van der Waals surface area contributed by atoms with Gasteiger partial charge in [-0.15, -0.1) is 0 Å². The molecule has 2 aromatic rings. The molecular weight excluding hydrogens is 434 g/mol. The first-order valence-corrected chi connectivity index (χ1v) is 11.8. The molecule has 1 atom stereocenters. The Kier molecular flexibility index (Phi) is 6.04. The van der Waals surface area contributed by atoms with Crippen LogP contribution in [0.2, 0.25) is 0 Å². The van der Waals surface area contributed by atoms with Gasteiger partial charge >= 0.3 is 0 Å². The molecule has 176 valence electrons. The third kappa shape index (κ3) is 4.16. The molecule has 0 aromatic heterocycles. The summed E-state index contributed by atoms with van der Waals surface area (Å²) in [4.78, 5) is 52.6. The van der Waals surface area contributed by atoms with E-state index in [1.54, 1.807) is 12.1 Å². The van der Waals surface area contributed by atoms with Gasteiger partial charge in [-0.25, -0.2) is 0 Å². The van der Waals surface area contributed by atoms with Crippen LogP contribution in [0.15, 0.2) is 42.5 Å². The SMILES string of the molecule is O=C1CCC(N2Cc3c(OCCCCC(=O)N4CCc5ccccc54)cccc3C2=O)C(=O)N1. The molecule has 8 nitrogen and oxygen atoms in total. The van der Waals surface area contributed by atoms with E-state index in [0.717, 1.165) is 30.6 Å². The number of carbonyl (C=O) groups excluding carboxylic acids is 4. The van der Waals surface area contributed by atoms with Crippen molar-refractivity contribution in [2.75, 3.05) is 18.1 Å². The Labute approximate surface area is 197 Å². The van der Waals surface area contributed by atoms with E-state index in [-0.39, 0.29) is 30.7 Å². The van der Waals surface area contributed by atoms with Gasteiger partial charge in [0.05, 0.1) is 13.2 Å². The molecule has 0 saturated carbocycles. The lowest BCUT2D eigenvalue weighted by atomic mass is 10.0. The van der Waals surface area contributed by atoms with Gasteiger partial charge in [-0.3, -0.25) is 24.5 Å². The van der Waals surface area contributed by atoms with Crippen LogP contribution >= 0.6 is 0 Å². The molecule has 34 heavy (non-hydrogen) atoms. The molecule has 0 aliphatic carbocycles.